The number of aryl methyl sites for hydroxylation is 1. The number of carbonyl (C=O) groups excluding carboxylic acids is 1. The van der Waals surface area contributed by atoms with E-state index in [1.54, 1.807) is 6.20 Å². The third-order valence-electron chi connectivity index (χ3n) is 6.42. The maximum Gasteiger partial charge on any atom is 0.221 e. The van der Waals surface area contributed by atoms with Gasteiger partial charge in [0, 0.05) is 25.2 Å². The van der Waals surface area contributed by atoms with Gasteiger partial charge < -0.3 is 5.32 Å². The van der Waals surface area contributed by atoms with E-state index < -0.39 is 0 Å². The molecule has 1 aromatic heterocycles. The largest absolute Gasteiger partial charge is 0.355 e. The molecule has 5 heteroatoms. The molecule has 4 saturated carbocycles. The highest BCUT2D eigenvalue weighted by atomic mass is 79.9. The topological polar surface area (TPSA) is 46.9 Å². The molecule has 4 nitrogen and oxygen atoms in total. The Labute approximate surface area is 146 Å². The van der Waals surface area contributed by atoms with Gasteiger partial charge in [-0.1, -0.05) is 0 Å². The van der Waals surface area contributed by atoms with Crippen LogP contribution in [0.5, 0.6) is 0 Å². The van der Waals surface area contributed by atoms with Crippen molar-refractivity contribution >= 4 is 21.8 Å². The van der Waals surface area contributed by atoms with Crippen molar-refractivity contribution in [1.82, 2.24) is 15.1 Å². The van der Waals surface area contributed by atoms with Gasteiger partial charge in [-0.15, -0.1) is 0 Å². The molecule has 0 spiro atoms. The molecular weight excluding hydrogens is 354 g/mol. The van der Waals surface area contributed by atoms with E-state index in [9.17, 15) is 4.79 Å². The van der Waals surface area contributed by atoms with Crippen molar-refractivity contribution in [3.05, 3.63) is 16.4 Å². The lowest BCUT2D eigenvalue weighted by molar-refractivity contribution is -0.123. The van der Waals surface area contributed by atoms with Gasteiger partial charge in [0.25, 0.3) is 0 Å². The molecule has 4 bridgehead atoms. The predicted octanol–water partition coefficient (Wildman–Crippen LogP) is 3.68. The summed E-state index contributed by atoms with van der Waals surface area (Å²) >= 11 is 3.46. The van der Waals surface area contributed by atoms with Gasteiger partial charge in [0.1, 0.15) is 0 Å². The van der Waals surface area contributed by atoms with Crippen LogP contribution in [-0.2, 0) is 11.3 Å². The van der Waals surface area contributed by atoms with Crippen LogP contribution in [0.15, 0.2) is 10.7 Å². The minimum atomic E-state index is 0.173. The molecule has 126 valence electrons. The van der Waals surface area contributed by atoms with Crippen LogP contribution in [0, 0.1) is 30.1 Å². The van der Waals surface area contributed by atoms with Crippen LogP contribution in [-0.4, -0.2) is 22.2 Å². The van der Waals surface area contributed by atoms with Gasteiger partial charge >= 0.3 is 0 Å². The van der Waals surface area contributed by atoms with E-state index in [1.165, 1.54) is 38.5 Å². The quantitative estimate of drug-likeness (QED) is 0.847. The summed E-state index contributed by atoms with van der Waals surface area (Å²) in [6, 6.07) is 0. The number of rotatable bonds is 5. The summed E-state index contributed by atoms with van der Waals surface area (Å²) in [5.41, 5.74) is 1.51. The van der Waals surface area contributed by atoms with Gasteiger partial charge in [-0.05, 0) is 84.5 Å². The van der Waals surface area contributed by atoms with Crippen molar-refractivity contribution in [3.8, 4) is 0 Å². The number of hydrogen-bond donors (Lipinski definition) is 1. The molecule has 0 aromatic carbocycles. The van der Waals surface area contributed by atoms with Gasteiger partial charge in [-0.3, -0.25) is 9.48 Å². The number of nitrogens with one attached hydrogen (secondary N) is 1. The van der Waals surface area contributed by atoms with E-state index in [0.717, 1.165) is 34.5 Å². The summed E-state index contributed by atoms with van der Waals surface area (Å²) in [6.45, 7) is 3.58. The molecule has 4 fully saturated rings. The van der Waals surface area contributed by atoms with Gasteiger partial charge in [0.05, 0.1) is 10.7 Å². The Morgan fingerprint density at radius 3 is 2.43 bits per heavy atom. The SMILES string of the molecule is Cc1c(Br)cnn1CCC(=O)NCC12CC3CC(CC(C3)C1)C2. The molecule has 4 aliphatic carbocycles. The first-order valence-electron chi connectivity index (χ1n) is 8.98. The summed E-state index contributed by atoms with van der Waals surface area (Å²) in [5.74, 6) is 3.01. The van der Waals surface area contributed by atoms with Gasteiger partial charge in [-0.25, -0.2) is 0 Å². The van der Waals surface area contributed by atoms with Crippen molar-refractivity contribution in [2.75, 3.05) is 6.54 Å². The fourth-order valence-corrected chi connectivity index (χ4v) is 6.03. The van der Waals surface area contributed by atoms with Crippen molar-refractivity contribution < 1.29 is 4.79 Å². The highest BCUT2D eigenvalue weighted by molar-refractivity contribution is 9.10. The molecule has 1 aromatic rings. The number of carbonyl (C=O) groups is 1. The average molecular weight is 380 g/mol. The molecule has 4 aliphatic rings. The van der Waals surface area contributed by atoms with Crippen molar-refractivity contribution in [3.63, 3.8) is 0 Å². The molecule has 0 saturated heterocycles. The molecule has 5 rings (SSSR count). The Kier molecular flexibility index (Phi) is 4.02. The van der Waals surface area contributed by atoms with Crippen LogP contribution >= 0.6 is 15.9 Å². The number of aromatic nitrogens is 2. The second kappa shape index (κ2) is 5.91. The normalized spacial score (nSPS) is 34.8. The monoisotopic (exact) mass is 379 g/mol. The fourth-order valence-electron chi connectivity index (χ4n) is 5.74. The zero-order valence-electron chi connectivity index (χ0n) is 13.9. The second-order valence-electron chi connectivity index (χ2n) is 8.25. The summed E-state index contributed by atoms with van der Waals surface area (Å²) < 4.78 is 2.90. The van der Waals surface area contributed by atoms with Crippen LogP contribution in [0.1, 0.15) is 50.6 Å². The van der Waals surface area contributed by atoms with Crippen LogP contribution in [0.2, 0.25) is 0 Å². The van der Waals surface area contributed by atoms with Gasteiger partial charge in [-0.2, -0.15) is 5.10 Å². The predicted molar refractivity (Wildman–Crippen MR) is 92.9 cm³/mol. The number of nitrogens with zero attached hydrogens (tertiary/aromatic N) is 2. The first-order valence-corrected chi connectivity index (χ1v) is 9.77. The zero-order valence-corrected chi connectivity index (χ0v) is 15.4. The molecule has 1 heterocycles. The van der Waals surface area contributed by atoms with E-state index in [0.29, 0.717) is 18.4 Å². The second-order valence-corrected chi connectivity index (χ2v) is 9.10. The lowest BCUT2D eigenvalue weighted by atomic mass is 9.49. The Morgan fingerprint density at radius 1 is 1.30 bits per heavy atom. The molecule has 0 aliphatic heterocycles. The lowest BCUT2D eigenvalue weighted by Gasteiger charge is -2.56. The molecule has 0 unspecified atom stereocenters. The first-order chi connectivity index (χ1) is 11.0. The number of hydrogen-bond acceptors (Lipinski definition) is 2. The van der Waals surface area contributed by atoms with Crippen LogP contribution in [0.3, 0.4) is 0 Å². The first kappa shape index (κ1) is 15.7. The van der Waals surface area contributed by atoms with Gasteiger partial charge in [0.15, 0.2) is 0 Å². The Morgan fingerprint density at radius 2 is 1.91 bits per heavy atom. The molecule has 0 atom stereocenters. The summed E-state index contributed by atoms with van der Waals surface area (Å²) in [7, 11) is 0. The smallest absolute Gasteiger partial charge is 0.221 e. The summed E-state index contributed by atoms with van der Waals surface area (Å²) in [5, 5.41) is 7.54. The molecule has 0 radical (unpaired) electrons. The fraction of sp³-hybridized carbons (Fsp3) is 0.778. The van der Waals surface area contributed by atoms with E-state index in [4.69, 9.17) is 0 Å². The van der Waals surface area contributed by atoms with Crippen LogP contribution < -0.4 is 5.32 Å². The number of halogens is 1. The maximum absolute atomic E-state index is 12.3. The third kappa shape index (κ3) is 3.09. The van der Waals surface area contributed by atoms with Crippen molar-refractivity contribution in [2.24, 2.45) is 23.2 Å². The summed E-state index contributed by atoms with van der Waals surface area (Å²) in [6.07, 6.45) is 10.7. The number of amides is 1. The Bertz CT molecular complexity index is 574. The third-order valence-corrected chi connectivity index (χ3v) is 7.20. The standard InChI is InChI=1S/C18H26BrN3O/c1-12-16(19)10-21-22(12)3-2-17(23)20-11-18-7-13-4-14(8-18)6-15(5-13)9-18/h10,13-15H,2-9,11H2,1H3,(H,20,23). The maximum atomic E-state index is 12.3. The zero-order chi connectivity index (χ0) is 16.0. The van der Waals surface area contributed by atoms with E-state index in [1.807, 2.05) is 11.6 Å². The van der Waals surface area contributed by atoms with E-state index in [-0.39, 0.29) is 5.91 Å². The Balaban J connectivity index is 1.29. The van der Waals surface area contributed by atoms with Gasteiger partial charge in [0.2, 0.25) is 5.91 Å². The molecule has 1 amide bonds. The minimum absolute atomic E-state index is 0.173. The molecule has 23 heavy (non-hydrogen) atoms. The summed E-state index contributed by atoms with van der Waals surface area (Å²) in [4.78, 5) is 12.3. The van der Waals surface area contributed by atoms with E-state index >= 15 is 0 Å². The van der Waals surface area contributed by atoms with Crippen molar-refractivity contribution in [1.29, 1.82) is 0 Å². The van der Waals surface area contributed by atoms with Crippen molar-refractivity contribution in [2.45, 2.75) is 58.4 Å². The van der Waals surface area contributed by atoms with Crippen LogP contribution in [0.4, 0.5) is 0 Å². The average Bonchev–Trinajstić information content (AvgIpc) is 2.81. The molecule has 1 N–H and O–H groups in total. The molecular formula is C18H26BrN3O. The Hall–Kier alpha value is -0.840. The van der Waals surface area contributed by atoms with Crippen LogP contribution in [0.25, 0.3) is 0 Å². The minimum Gasteiger partial charge on any atom is -0.355 e. The van der Waals surface area contributed by atoms with E-state index in [2.05, 4.69) is 26.3 Å². The highest BCUT2D eigenvalue weighted by Gasteiger charge is 2.50. The highest BCUT2D eigenvalue weighted by Crippen LogP contribution is 2.59. The lowest BCUT2D eigenvalue weighted by Crippen LogP contribution is -2.51.